The Morgan fingerprint density at radius 3 is 2.67 bits per heavy atom. The van der Waals surface area contributed by atoms with Gasteiger partial charge in [-0.25, -0.2) is 4.79 Å². The van der Waals surface area contributed by atoms with Crippen LogP contribution < -0.4 is 5.14 Å². The van der Waals surface area contributed by atoms with Crippen molar-refractivity contribution in [1.82, 2.24) is 0 Å². The second-order valence-electron chi connectivity index (χ2n) is 6.37. The number of ether oxygens (including phenoxy) is 1. The van der Waals surface area contributed by atoms with Crippen LogP contribution in [0.5, 0.6) is 0 Å². The molecule has 0 aliphatic rings. The normalized spacial score (nSPS) is 12.6. The van der Waals surface area contributed by atoms with Gasteiger partial charge in [0.25, 0.3) is 0 Å². The molecule has 5 nitrogen and oxygen atoms in total. The minimum atomic E-state index is -1.80. The topological polar surface area (TPSA) is 77.8 Å². The van der Waals surface area contributed by atoms with E-state index in [4.69, 9.17) is 14.3 Å². The van der Waals surface area contributed by atoms with E-state index in [1.165, 1.54) is 6.26 Å². The molecule has 0 aromatic carbocycles. The van der Waals surface area contributed by atoms with Gasteiger partial charge in [-0.2, -0.15) is 0 Å². The molecular weight excluding hydrogens is 304 g/mol. The highest BCUT2D eigenvalue weighted by Crippen LogP contribution is 2.36. The minimum absolute atomic E-state index is 0.140. The van der Waals surface area contributed by atoms with Crippen molar-refractivity contribution in [1.29, 1.82) is 0 Å². The summed E-state index contributed by atoms with van der Waals surface area (Å²) >= 11 is 0. The summed E-state index contributed by atoms with van der Waals surface area (Å²) in [6.07, 6.45) is 1.37. The molecule has 2 N–H and O–H groups in total. The lowest BCUT2D eigenvalue weighted by Crippen LogP contribution is -2.34. The molecule has 7 heteroatoms. The quantitative estimate of drug-likeness (QED) is 0.397. The third-order valence-electron chi connectivity index (χ3n) is 3.67. The molecule has 0 amide bonds. The van der Waals surface area contributed by atoms with Gasteiger partial charge in [-0.05, 0) is 30.2 Å². The van der Waals surface area contributed by atoms with E-state index in [-0.39, 0.29) is 5.04 Å². The molecule has 1 aromatic rings. The molecule has 0 saturated heterocycles. The number of rotatable bonds is 4. The average Bonchev–Trinajstić information content (AvgIpc) is 2.84. The molecule has 1 heterocycles. The molecule has 21 heavy (non-hydrogen) atoms. The first-order chi connectivity index (χ1) is 9.58. The Hall–Kier alpha value is -1.14. The Balaban J connectivity index is 3.01. The zero-order valence-corrected chi connectivity index (χ0v) is 15.6. The van der Waals surface area contributed by atoms with Crippen LogP contribution in [-0.2, 0) is 4.74 Å². The summed E-state index contributed by atoms with van der Waals surface area (Å²) in [5.74, 6) is -0.399. The molecule has 0 saturated carbocycles. The van der Waals surface area contributed by atoms with E-state index in [0.29, 0.717) is 17.3 Å². The standard InChI is InChI=1S/C14H26N2O3SSi/c1-7-18-13(17)11-8-12(19-9-11)20(15)10-16-21(5,6)14(2,3)4/h8-9H,7,15,20H2,1-6H3. The molecular formula is C14H26N2O3SSi. The van der Waals surface area contributed by atoms with Gasteiger partial charge in [0.1, 0.15) is 6.26 Å². The number of hydrogen-bond donors (Lipinski definition) is 1. The molecule has 1 rings (SSSR count). The Kier molecular flexibility index (Phi) is 5.75. The second kappa shape index (κ2) is 6.75. The maximum absolute atomic E-state index is 11.6. The molecule has 0 bridgehead atoms. The monoisotopic (exact) mass is 330 g/mol. The summed E-state index contributed by atoms with van der Waals surface area (Å²) in [7, 11) is -3.45. The molecule has 0 aliphatic heterocycles. The van der Waals surface area contributed by atoms with Crippen molar-refractivity contribution in [2.24, 2.45) is 9.80 Å². The van der Waals surface area contributed by atoms with Crippen molar-refractivity contribution in [3.63, 3.8) is 0 Å². The largest absolute Gasteiger partial charge is 0.462 e. The van der Waals surface area contributed by atoms with Crippen molar-refractivity contribution in [3.05, 3.63) is 17.9 Å². The molecule has 0 radical (unpaired) electrons. The van der Waals surface area contributed by atoms with E-state index in [1.54, 1.807) is 13.0 Å². The van der Waals surface area contributed by atoms with Crippen LogP contribution in [0.1, 0.15) is 38.1 Å². The zero-order valence-electron chi connectivity index (χ0n) is 13.6. The van der Waals surface area contributed by atoms with E-state index in [0.717, 1.165) is 0 Å². The third-order valence-corrected chi connectivity index (χ3v) is 9.38. The highest BCUT2D eigenvalue weighted by molar-refractivity contribution is 8.12. The third kappa shape index (κ3) is 4.67. The first-order valence-corrected chi connectivity index (χ1v) is 11.5. The van der Waals surface area contributed by atoms with Crippen molar-refractivity contribution in [2.45, 2.75) is 50.9 Å². The van der Waals surface area contributed by atoms with Crippen LogP contribution in [0, 0.1) is 0 Å². The smallest absolute Gasteiger partial charge is 0.341 e. The zero-order chi connectivity index (χ0) is 16.3. The van der Waals surface area contributed by atoms with Crippen LogP contribution in [-0.4, -0.2) is 26.0 Å². The maximum Gasteiger partial charge on any atom is 0.341 e. The average molecular weight is 331 g/mol. The lowest BCUT2D eigenvalue weighted by atomic mass is 10.2. The summed E-state index contributed by atoms with van der Waals surface area (Å²) in [6.45, 7) is 13.0. The Morgan fingerprint density at radius 2 is 2.14 bits per heavy atom. The summed E-state index contributed by atoms with van der Waals surface area (Å²) in [4.78, 5) is 11.6. The summed E-state index contributed by atoms with van der Waals surface area (Å²) in [5, 5.41) is 9.86. The Bertz CT molecular complexity index is 581. The fourth-order valence-electron chi connectivity index (χ4n) is 1.22. The number of carbonyl (C=O) groups excluding carboxylic acids is 1. The molecule has 120 valence electrons. The van der Waals surface area contributed by atoms with Gasteiger partial charge >= 0.3 is 5.97 Å². The number of isothiocyanates is 1. The maximum atomic E-state index is 11.6. The van der Waals surface area contributed by atoms with Crippen LogP contribution in [0.4, 0.5) is 0 Å². The number of carbonyl (C=O) groups is 1. The van der Waals surface area contributed by atoms with Gasteiger partial charge in [-0.1, -0.05) is 20.8 Å². The second-order valence-corrected chi connectivity index (χ2v) is 12.8. The van der Waals surface area contributed by atoms with E-state index >= 15 is 0 Å². The number of furan rings is 1. The van der Waals surface area contributed by atoms with Gasteiger partial charge < -0.3 is 9.15 Å². The van der Waals surface area contributed by atoms with Crippen LogP contribution in [0.2, 0.25) is 18.1 Å². The highest BCUT2D eigenvalue weighted by Gasteiger charge is 2.35. The SMILES string of the molecule is CCOC(=O)c1coc([SH2](N)=C=N[Si](C)(C)C(C)(C)C)c1. The summed E-state index contributed by atoms with van der Waals surface area (Å²) in [6, 6.07) is 1.63. The fraction of sp³-hybridized carbons (Fsp3) is 0.571. The molecule has 0 fully saturated rings. The molecule has 1 aromatic heterocycles. The van der Waals surface area contributed by atoms with Crippen LogP contribution in [0.25, 0.3) is 0 Å². The lowest BCUT2D eigenvalue weighted by Gasteiger charge is -2.31. The van der Waals surface area contributed by atoms with E-state index in [1.807, 2.05) is 0 Å². The first kappa shape index (κ1) is 17.9. The van der Waals surface area contributed by atoms with Gasteiger partial charge in [0.15, 0.2) is 13.3 Å². The van der Waals surface area contributed by atoms with Crippen molar-refractivity contribution in [3.8, 4) is 0 Å². The summed E-state index contributed by atoms with van der Waals surface area (Å²) < 4.78 is 14.9. The Labute approximate surface area is 129 Å². The first-order valence-electron chi connectivity index (χ1n) is 6.95. The fourth-order valence-corrected chi connectivity index (χ4v) is 3.76. The number of esters is 1. The summed E-state index contributed by atoms with van der Waals surface area (Å²) in [5.41, 5.74) is 0.383. The molecule has 0 spiro atoms. The van der Waals surface area contributed by atoms with E-state index < -0.39 is 24.9 Å². The number of nitrogens with two attached hydrogens (primary N) is 1. The van der Waals surface area contributed by atoms with Crippen molar-refractivity contribution < 1.29 is 13.9 Å². The minimum Gasteiger partial charge on any atom is -0.462 e. The van der Waals surface area contributed by atoms with Gasteiger partial charge in [-0.15, -0.1) is 10.7 Å². The highest BCUT2D eigenvalue weighted by atomic mass is 32.2. The predicted octanol–water partition coefficient (Wildman–Crippen LogP) is 3.33. The van der Waals surface area contributed by atoms with Gasteiger partial charge in [0.05, 0.1) is 12.2 Å². The molecule has 0 aliphatic carbocycles. The molecule has 0 unspecified atom stereocenters. The number of nitrogens with zero attached hydrogens (tertiary/aromatic N) is 1. The van der Waals surface area contributed by atoms with Gasteiger partial charge in [-0.3, -0.25) is 9.80 Å². The van der Waals surface area contributed by atoms with Gasteiger partial charge in [0, 0.05) is 6.07 Å². The van der Waals surface area contributed by atoms with Crippen molar-refractivity contribution in [2.75, 3.05) is 6.61 Å². The predicted molar refractivity (Wildman–Crippen MR) is 92.1 cm³/mol. The van der Waals surface area contributed by atoms with Crippen LogP contribution in [0.3, 0.4) is 0 Å². The van der Waals surface area contributed by atoms with Crippen LogP contribution in [0.15, 0.2) is 26.5 Å². The van der Waals surface area contributed by atoms with E-state index in [2.05, 4.69) is 43.7 Å². The van der Waals surface area contributed by atoms with E-state index in [9.17, 15) is 4.79 Å². The van der Waals surface area contributed by atoms with Gasteiger partial charge in [0.2, 0.25) is 0 Å². The molecule has 0 atom stereocenters. The Morgan fingerprint density at radius 1 is 1.52 bits per heavy atom. The number of hydrogen-bond acceptors (Lipinski definition) is 5. The van der Waals surface area contributed by atoms with Crippen LogP contribution >= 0.6 is 10.7 Å². The lowest BCUT2D eigenvalue weighted by molar-refractivity contribution is 0.0525. The van der Waals surface area contributed by atoms with Crippen molar-refractivity contribution >= 4 is 30.0 Å².